The zero-order valence-corrected chi connectivity index (χ0v) is 2.91. The maximum atomic E-state index is 3.00. The van der Waals surface area contributed by atoms with E-state index in [1.165, 1.54) is 0 Å². The van der Waals surface area contributed by atoms with Gasteiger partial charge >= 0.3 is 0 Å². The molecule has 0 fully saturated rings. The van der Waals surface area contributed by atoms with Gasteiger partial charge in [0.15, 0.2) is 0 Å². The van der Waals surface area contributed by atoms with Crippen molar-refractivity contribution >= 4 is 11.0 Å². The summed E-state index contributed by atoms with van der Waals surface area (Å²) < 4.78 is 0. The van der Waals surface area contributed by atoms with Crippen LogP contribution in [0.1, 0.15) is 7.43 Å². The highest BCUT2D eigenvalue weighted by Crippen LogP contribution is 0.862. The van der Waals surface area contributed by atoms with Gasteiger partial charge in [-0.3, -0.25) is 0 Å². The van der Waals surface area contributed by atoms with E-state index >= 15 is 0 Å². The quantitative estimate of drug-likeness (QED) is 0.296. The minimum absolute atomic E-state index is 0. The van der Waals surface area contributed by atoms with E-state index in [0.29, 0.717) is 0 Å². The highest BCUT2D eigenvalue weighted by molar-refractivity contribution is 5.75. The Bertz CT molecular complexity index is 3.25. The average molecular weight is 72.2 g/mol. The van der Waals surface area contributed by atoms with Gasteiger partial charge in [-0.05, 0) is 0 Å². The third-order valence-electron chi connectivity index (χ3n) is 0. The van der Waals surface area contributed by atoms with Crippen LogP contribution in [0.5, 0.6) is 0 Å². The normalized spacial score (nSPS) is 1.00. The van der Waals surface area contributed by atoms with Gasteiger partial charge in [-0.2, -0.15) is 0 Å². The monoisotopic (exact) mass is 72.0 g/mol. The first-order valence-corrected chi connectivity index (χ1v) is 0.500. The fraction of sp³-hybridized carbons (Fsp3) is 0.333. The van der Waals surface area contributed by atoms with Crippen molar-refractivity contribution in [2.75, 3.05) is 0 Å². The van der Waals surface area contributed by atoms with E-state index < -0.39 is 0 Å². The Morgan fingerprint density at radius 3 is 1.00 bits per heavy atom. The first-order valence-electron chi connectivity index (χ1n) is 0.500. The highest BCUT2D eigenvalue weighted by atomic mass is 28.1. The van der Waals surface area contributed by atoms with Crippen LogP contribution in [0.4, 0.5) is 0 Å². The summed E-state index contributed by atoms with van der Waals surface area (Å²) in [6.45, 7) is 6.00. The summed E-state index contributed by atoms with van der Waals surface area (Å²) in [4.78, 5) is 0. The lowest BCUT2D eigenvalue weighted by atomic mass is 11.3. The van der Waals surface area contributed by atoms with Gasteiger partial charge < -0.3 is 0 Å². The minimum Gasteiger partial charge on any atom is -0.106 e. The van der Waals surface area contributed by atoms with Gasteiger partial charge in [0, 0.05) is 11.0 Å². The molecule has 0 spiro atoms. The molecule has 24 valence electrons. The zero-order valence-electron chi connectivity index (χ0n) is 1.91. The lowest BCUT2D eigenvalue weighted by molar-refractivity contribution is 2.50. The van der Waals surface area contributed by atoms with Crippen molar-refractivity contribution in [2.24, 2.45) is 0 Å². The molecule has 1 heteroatoms. The van der Waals surface area contributed by atoms with Crippen LogP contribution in [0.3, 0.4) is 0 Å². The highest BCUT2D eigenvalue weighted by Gasteiger charge is 0.601. The van der Waals surface area contributed by atoms with Crippen molar-refractivity contribution in [3.63, 3.8) is 0 Å². The molecule has 0 N–H and O–H groups in total. The third-order valence-corrected chi connectivity index (χ3v) is 0. The zero-order chi connectivity index (χ0) is 2.00. The van der Waals surface area contributed by atoms with E-state index in [1.807, 2.05) is 0 Å². The van der Waals surface area contributed by atoms with Gasteiger partial charge in [-0.25, -0.2) is 0 Å². The molecule has 0 atom stereocenters. The van der Waals surface area contributed by atoms with Crippen LogP contribution in [0.25, 0.3) is 0 Å². The molecule has 0 unspecified atom stereocenters. The van der Waals surface area contributed by atoms with Gasteiger partial charge in [0.05, 0.1) is 0 Å². The Morgan fingerprint density at radius 1 is 1.00 bits per heavy atom. The number of hydrogen-bond acceptors (Lipinski definition) is 0. The number of hydrogen-bond donors (Lipinski definition) is 0. The molecule has 0 aliphatic heterocycles. The van der Waals surface area contributed by atoms with E-state index in [0.717, 1.165) is 0 Å². The van der Waals surface area contributed by atoms with E-state index in [9.17, 15) is 0 Å². The maximum absolute atomic E-state index is 3.00. The minimum atomic E-state index is 0. The molecular weight excluding hydrogens is 64.1 g/mol. The molecule has 0 aliphatic carbocycles. The lowest BCUT2D eigenvalue weighted by Gasteiger charge is -0.813. The molecule has 0 aliphatic rings. The standard InChI is InChI=1S/C2H4.CH4.Si/c1-2;;/h1-2H2;1H4;. The van der Waals surface area contributed by atoms with Crippen molar-refractivity contribution in [1.82, 2.24) is 0 Å². The van der Waals surface area contributed by atoms with Gasteiger partial charge in [0.2, 0.25) is 0 Å². The fourth-order valence-electron chi connectivity index (χ4n) is 0. The molecule has 0 saturated heterocycles. The molecule has 0 saturated carbocycles. The number of rotatable bonds is 0. The van der Waals surface area contributed by atoms with Crippen molar-refractivity contribution in [3.05, 3.63) is 13.2 Å². The van der Waals surface area contributed by atoms with Gasteiger partial charge in [-0.1, -0.05) is 7.43 Å². The lowest BCUT2D eigenvalue weighted by Crippen LogP contribution is -0.552. The molecule has 4 radical (unpaired) electrons. The van der Waals surface area contributed by atoms with Crippen molar-refractivity contribution in [3.8, 4) is 0 Å². The van der Waals surface area contributed by atoms with E-state index in [2.05, 4.69) is 13.2 Å². The van der Waals surface area contributed by atoms with Gasteiger partial charge in [0.1, 0.15) is 0 Å². The van der Waals surface area contributed by atoms with E-state index in [1.54, 1.807) is 0 Å². The predicted octanol–water partition coefficient (Wildman–Crippen LogP) is 1.06. The molecule has 0 aromatic heterocycles. The van der Waals surface area contributed by atoms with Crippen LogP contribution in [-0.2, 0) is 0 Å². The Kier molecular flexibility index (Phi) is 57500. The molecule has 0 heterocycles. The summed E-state index contributed by atoms with van der Waals surface area (Å²) in [5.74, 6) is 0. The van der Waals surface area contributed by atoms with Gasteiger partial charge in [-0.15, -0.1) is 13.2 Å². The van der Waals surface area contributed by atoms with Crippen molar-refractivity contribution in [1.29, 1.82) is 0 Å². The largest absolute Gasteiger partial charge is 0.106 e. The molecule has 0 aromatic carbocycles. The van der Waals surface area contributed by atoms with Crippen LogP contribution in [0.2, 0.25) is 0 Å². The second kappa shape index (κ2) is 6090. The summed E-state index contributed by atoms with van der Waals surface area (Å²) in [5, 5.41) is 0. The van der Waals surface area contributed by atoms with Crippen molar-refractivity contribution in [2.45, 2.75) is 7.43 Å². The Hall–Kier alpha value is -0.0431. The fourth-order valence-corrected chi connectivity index (χ4v) is 0. The predicted molar refractivity (Wildman–Crippen MR) is 23.7 cm³/mol. The summed E-state index contributed by atoms with van der Waals surface area (Å²) in [7, 11) is 0. The van der Waals surface area contributed by atoms with Crippen LogP contribution < -0.4 is 0 Å². The Labute approximate surface area is 32.6 Å². The van der Waals surface area contributed by atoms with Crippen molar-refractivity contribution < 1.29 is 0 Å². The SMILES string of the molecule is C.C=C.[Si]. The maximum Gasteiger partial charge on any atom is 0 e. The molecular formula is C3H8Si. The molecule has 0 nitrogen and oxygen atoms in total. The van der Waals surface area contributed by atoms with E-state index in [4.69, 9.17) is 0 Å². The smallest absolute Gasteiger partial charge is 0 e. The third kappa shape index (κ3) is 964. The van der Waals surface area contributed by atoms with Crippen LogP contribution in [-0.4, -0.2) is 11.0 Å². The Morgan fingerprint density at radius 2 is 1.00 bits per heavy atom. The summed E-state index contributed by atoms with van der Waals surface area (Å²) in [5.41, 5.74) is 0. The molecule has 0 aromatic rings. The van der Waals surface area contributed by atoms with Crippen LogP contribution >= 0.6 is 0 Å². The first-order chi connectivity index (χ1) is 1.00. The summed E-state index contributed by atoms with van der Waals surface area (Å²) >= 11 is 0. The molecule has 0 rings (SSSR count). The van der Waals surface area contributed by atoms with Crippen LogP contribution in [0, 0.1) is 0 Å². The first kappa shape index (κ1) is 37.8. The second-order valence-corrected chi connectivity index (χ2v) is 0. The summed E-state index contributed by atoms with van der Waals surface area (Å²) in [6, 6.07) is 0. The second-order valence-electron chi connectivity index (χ2n) is 0. The molecule has 0 bridgehead atoms. The Balaban J connectivity index is -0.00000000500. The molecule has 0 amide bonds. The van der Waals surface area contributed by atoms with Gasteiger partial charge in [0.25, 0.3) is 0 Å². The summed E-state index contributed by atoms with van der Waals surface area (Å²) in [6.07, 6.45) is 0. The molecule has 4 heavy (non-hydrogen) atoms. The topological polar surface area (TPSA) is 0 Å². The van der Waals surface area contributed by atoms with Crippen LogP contribution in [0.15, 0.2) is 13.2 Å². The van der Waals surface area contributed by atoms with E-state index in [-0.39, 0.29) is 18.4 Å². The average Bonchev–Trinajstić information content (AvgIpc) is 1.00.